The van der Waals surface area contributed by atoms with Crippen molar-refractivity contribution >= 4 is 53.9 Å². The maximum absolute atomic E-state index is 9.33. The molecule has 0 spiro atoms. The fourth-order valence-corrected chi connectivity index (χ4v) is 6.92. The van der Waals surface area contributed by atoms with E-state index in [1.54, 1.807) is 0 Å². The lowest BCUT2D eigenvalue weighted by molar-refractivity contribution is 1.26. The smallest absolute Gasteiger partial charge is 0.0622 e. The maximum atomic E-state index is 9.33. The van der Waals surface area contributed by atoms with Gasteiger partial charge in [0.1, 0.15) is 0 Å². The second-order valence-electron chi connectivity index (χ2n) is 11.4. The van der Waals surface area contributed by atoms with Gasteiger partial charge in [0.15, 0.2) is 0 Å². The van der Waals surface area contributed by atoms with Crippen molar-refractivity contribution in [3.05, 3.63) is 181 Å². The lowest BCUT2D eigenvalue weighted by Gasteiger charge is -2.19. The molecule has 0 nitrogen and oxygen atoms in total. The minimum Gasteiger partial charge on any atom is -0.0622 e. The quantitative estimate of drug-likeness (QED) is 0.144. The highest BCUT2D eigenvalue weighted by Crippen LogP contribution is 2.42. The van der Waals surface area contributed by atoms with E-state index in [1.807, 2.05) is 84.9 Å². The highest BCUT2D eigenvalue weighted by atomic mass is 14.2. The Hall–Kier alpha value is -5.72. The molecule has 0 N–H and O–H groups in total. The van der Waals surface area contributed by atoms with Crippen LogP contribution in [0.3, 0.4) is 0 Å². The molecule has 0 saturated carbocycles. The molecule has 0 amide bonds. The molecule has 0 heterocycles. The Morgan fingerprint density at radius 3 is 1.64 bits per heavy atom. The molecule has 0 aliphatic heterocycles. The van der Waals surface area contributed by atoms with Gasteiger partial charge in [0.2, 0.25) is 0 Å². The van der Waals surface area contributed by atoms with Crippen LogP contribution in [0.5, 0.6) is 0 Å². The molecular formula is C45H30. The summed E-state index contributed by atoms with van der Waals surface area (Å²) >= 11 is 0. The summed E-state index contributed by atoms with van der Waals surface area (Å²) in [6.07, 6.45) is 0.160. The Morgan fingerprint density at radius 2 is 0.933 bits per heavy atom. The van der Waals surface area contributed by atoms with Gasteiger partial charge >= 0.3 is 0 Å². The number of fused-ring (bicyclic) bond motifs is 7. The van der Waals surface area contributed by atoms with Crippen LogP contribution in [-0.4, -0.2) is 0 Å². The van der Waals surface area contributed by atoms with E-state index in [-0.39, 0.29) is 52.1 Å². The van der Waals surface area contributed by atoms with E-state index in [9.17, 15) is 5.48 Å². The molecule has 9 aromatic carbocycles. The summed E-state index contributed by atoms with van der Waals surface area (Å²) < 4.78 is 72.4. The standard InChI is InChI=1S/C45H30/c1-2-12-30(13-3-1)31-22-25-33(26-23-31)44-41-20-10-7-17-38(41)43(39-18-8-11-21-42(39)44)29-35-28-34-27-24-32-14-4-5-16-37(32)45(34)40-19-9-6-15-36(35)40/h1-28H,29H2/i7D,8D,10D,11D,17D,18D,20D,21D. The van der Waals surface area contributed by atoms with E-state index < -0.39 is 24.2 Å². The van der Waals surface area contributed by atoms with Crippen molar-refractivity contribution in [1.29, 1.82) is 0 Å². The fourth-order valence-electron chi connectivity index (χ4n) is 6.92. The Morgan fingerprint density at radius 1 is 0.400 bits per heavy atom. The molecule has 210 valence electrons. The summed E-state index contributed by atoms with van der Waals surface area (Å²) in [5.41, 5.74) is 4.20. The minimum absolute atomic E-state index is 0.160. The average molecular weight is 579 g/mol. The first-order chi connectivity index (χ1) is 25.7. The zero-order valence-corrected chi connectivity index (χ0v) is 24.3. The second-order valence-corrected chi connectivity index (χ2v) is 11.4. The first-order valence-corrected chi connectivity index (χ1v) is 15.1. The van der Waals surface area contributed by atoms with Crippen LogP contribution < -0.4 is 0 Å². The van der Waals surface area contributed by atoms with Crippen LogP contribution >= 0.6 is 0 Å². The van der Waals surface area contributed by atoms with Crippen LogP contribution in [0.2, 0.25) is 0 Å². The molecule has 9 rings (SSSR count). The van der Waals surface area contributed by atoms with Crippen molar-refractivity contribution in [1.82, 2.24) is 0 Å². The lowest BCUT2D eigenvalue weighted by atomic mass is 9.84. The molecular weight excluding hydrogens is 540 g/mol. The van der Waals surface area contributed by atoms with Crippen molar-refractivity contribution in [2.24, 2.45) is 0 Å². The van der Waals surface area contributed by atoms with Gasteiger partial charge in [-0.25, -0.2) is 0 Å². The minimum atomic E-state index is -0.404. The van der Waals surface area contributed by atoms with Gasteiger partial charge in [-0.1, -0.05) is 170 Å². The molecule has 45 heavy (non-hydrogen) atoms. The first-order valence-electron chi connectivity index (χ1n) is 19.1. The topological polar surface area (TPSA) is 0 Å². The van der Waals surface area contributed by atoms with Crippen LogP contribution in [0.15, 0.2) is 170 Å². The Balaban J connectivity index is 1.42. The predicted molar refractivity (Wildman–Crippen MR) is 194 cm³/mol. The van der Waals surface area contributed by atoms with Crippen LogP contribution in [0.4, 0.5) is 0 Å². The van der Waals surface area contributed by atoms with E-state index >= 15 is 0 Å². The van der Waals surface area contributed by atoms with Gasteiger partial charge in [-0.2, -0.15) is 0 Å². The molecule has 0 fully saturated rings. The summed E-state index contributed by atoms with van der Waals surface area (Å²) in [7, 11) is 0. The third-order valence-corrected chi connectivity index (χ3v) is 8.96. The third kappa shape index (κ3) is 4.22. The van der Waals surface area contributed by atoms with E-state index in [0.717, 1.165) is 49.0 Å². The zero-order chi connectivity index (χ0) is 36.7. The number of hydrogen-bond donors (Lipinski definition) is 0. The van der Waals surface area contributed by atoms with Gasteiger partial charge in [-0.15, -0.1) is 0 Å². The van der Waals surface area contributed by atoms with Gasteiger partial charge in [-0.3, -0.25) is 0 Å². The van der Waals surface area contributed by atoms with Crippen molar-refractivity contribution in [3.8, 4) is 22.3 Å². The molecule has 0 aromatic heterocycles. The second kappa shape index (κ2) is 10.5. The van der Waals surface area contributed by atoms with Gasteiger partial charge < -0.3 is 0 Å². The highest BCUT2D eigenvalue weighted by Gasteiger charge is 2.17. The van der Waals surface area contributed by atoms with Crippen LogP contribution in [-0.2, 0) is 6.42 Å². The Labute approximate surface area is 274 Å². The molecule has 0 atom stereocenters. The molecule has 0 bridgehead atoms. The summed E-state index contributed by atoms with van der Waals surface area (Å²) in [5, 5.41) is 7.30. The SMILES string of the molecule is [2H]c1c([2H])c([2H])c2c(-c3ccc(-c4ccccc4)cc3)c3c([2H])c([2H])c([2H])c([2H])c3c(Cc3cc4ccc5ccccc5c4c4ccccc34)c2c1[2H]. The summed E-state index contributed by atoms with van der Waals surface area (Å²) in [6, 6.07) is 37.5. The van der Waals surface area contributed by atoms with Crippen molar-refractivity contribution in [2.45, 2.75) is 6.42 Å². The summed E-state index contributed by atoms with van der Waals surface area (Å²) in [6.45, 7) is 0. The molecule has 0 unspecified atom stereocenters. The van der Waals surface area contributed by atoms with E-state index in [0.29, 0.717) is 16.7 Å². The monoisotopic (exact) mass is 578 g/mol. The molecule has 0 aliphatic rings. The highest BCUT2D eigenvalue weighted by molar-refractivity contribution is 6.21. The van der Waals surface area contributed by atoms with Gasteiger partial charge in [0, 0.05) is 0 Å². The van der Waals surface area contributed by atoms with Crippen molar-refractivity contribution < 1.29 is 11.0 Å². The van der Waals surface area contributed by atoms with Crippen molar-refractivity contribution in [3.63, 3.8) is 0 Å². The number of rotatable bonds is 4. The van der Waals surface area contributed by atoms with Gasteiger partial charge in [0.25, 0.3) is 0 Å². The molecule has 9 aromatic rings. The fraction of sp³-hybridized carbons (Fsp3) is 0.0222. The normalized spacial score (nSPS) is 14.1. The zero-order valence-electron chi connectivity index (χ0n) is 32.3. The van der Waals surface area contributed by atoms with Gasteiger partial charge in [0.05, 0.1) is 11.0 Å². The Kier molecular flexibility index (Phi) is 4.38. The third-order valence-electron chi connectivity index (χ3n) is 8.96. The summed E-state index contributed by atoms with van der Waals surface area (Å²) in [4.78, 5) is 0. The Bertz CT molecular complexity index is 2910. The number of benzene rings is 9. The van der Waals surface area contributed by atoms with E-state index in [4.69, 9.17) is 5.48 Å². The van der Waals surface area contributed by atoms with Crippen LogP contribution in [0, 0.1) is 0 Å². The molecule has 0 saturated heterocycles. The largest absolute Gasteiger partial charge is 0.0629 e. The van der Waals surface area contributed by atoms with Gasteiger partial charge in [-0.05, 0) is 93.7 Å². The van der Waals surface area contributed by atoms with E-state index in [2.05, 4.69) is 36.4 Å². The molecule has 0 heteroatoms. The maximum Gasteiger partial charge on any atom is 0.0629 e. The first kappa shape index (κ1) is 18.8. The molecule has 0 aliphatic carbocycles. The number of hydrogen-bond acceptors (Lipinski definition) is 0. The summed E-state index contributed by atoms with van der Waals surface area (Å²) in [5.74, 6) is 0. The average Bonchev–Trinajstić information content (AvgIpc) is 3.20. The lowest BCUT2D eigenvalue weighted by Crippen LogP contribution is -1.97. The van der Waals surface area contributed by atoms with E-state index in [1.165, 1.54) is 0 Å². The predicted octanol–water partition coefficient (Wildman–Crippen LogP) is 12.4. The van der Waals surface area contributed by atoms with Crippen molar-refractivity contribution in [2.75, 3.05) is 0 Å². The van der Waals surface area contributed by atoms with Crippen LogP contribution in [0.1, 0.15) is 22.1 Å². The molecule has 0 radical (unpaired) electrons. The van der Waals surface area contributed by atoms with Crippen LogP contribution in [0.25, 0.3) is 76.1 Å².